The third-order valence-corrected chi connectivity index (χ3v) is 2.03. The van der Waals surface area contributed by atoms with Crippen molar-refractivity contribution in [1.82, 2.24) is 20.4 Å². The zero-order chi connectivity index (χ0) is 8.55. The minimum Gasteiger partial charge on any atom is -0.311 e. The van der Waals surface area contributed by atoms with Crippen LogP contribution in [0.15, 0.2) is 0 Å². The zero-order valence-corrected chi connectivity index (χ0v) is 7.41. The van der Waals surface area contributed by atoms with Crippen LogP contribution in [0, 0.1) is 0 Å². The van der Waals surface area contributed by atoms with E-state index < -0.39 is 0 Å². The predicted octanol–water partition coefficient (Wildman–Crippen LogP) is -0.879. The van der Waals surface area contributed by atoms with Crippen LogP contribution in [-0.2, 0) is 13.0 Å². The number of rotatable bonds is 1. The van der Waals surface area contributed by atoms with Crippen molar-refractivity contribution in [1.29, 1.82) is 0 Å². The third kappa shape index (κ3) is 1.06. The number of hydrogen-bond donors (Lipinski definition) is 1. The van der Waals surface area contributed by atoms with Gasteiger partial charge in [-0.25, -0.2) is 0 Å². The van der Waals surface area contributed by atoms with E-state index in [0.29, 0.717) is 0 Å². The molecule has 1 N–H and O–H groups in total. The molecule has 5 nitrogen and oxygen atoms in total. The fourth-order valence-electron chi connectivity index (χ4n) is 1.44. The van der Waals surface area contributed by atoms with Crippen molar-refractivity contribution in [3.05, 3.63) is 11.4 Å². The van der Waals surface area contributed by atoms with E-state index in [-0.39, 0.29) is 0 Å². The van der Waals surface area contributed by atoms with E-state index in [1.165, 1.54) is 5.69 Å². The van der Waals surface area contributed by atoms with Gasteiger partial charge < -0.3 is 10.3 Å². The van der Waals surface area contributed by atoms with E-state index >= 15 is 0 Å². The molecule has 0 spiro atoms. The molecule has 1 aromatic heterocycles. The van der Waals surface area contributed by atoms with Crippen molar-refractivity contribution >= 4 is 0 Å². The van der Waals surface area contributed by atoms with Crippen LogP contribution >= 0.6 is 0 Å². The molecule has 5 heteroatoms. The van der Waals surface area contributed by atoms with Crippen LogP contribution < -0.4 is 10.3 Å². The smallest absolute Gasteiger partial charge is 0.102 e. The maximum Gasteiger partial charge on any atom is 0.102 e. The highest BCUT2D eigenvalue weighted by atomic mass is 15.7. The summed E-state index contributed by atoms with van der Waals surface area (Å²) in [5.41, 5.74) is 2.31. The summed E-state index contributed by atoms with van der Waals surface area (Å²) in [5, 5.41) is 13.3. The van der Waals surface area contributed by atoms with Gasteiger partial charge in [-0.2, -0.15) is 4.79 Å². The Morgan fingerprint density at radius 3 is 3.08 bits per heavy atom. The van der Waals surface area contributed by atoms with Crippen molar-refractivity contribution in [2.24, 2.45) is 0 Å². The maximum absolute atomic E-state index is 4.09. The van der Waals surface area contributed by atoms with Crippen molar-refractivity contribution in [3.8, 4) is 0 Å². The lowest BCUT2D eigenvalue weighted by Gasteiger charge is -2.17. The van der Waals surface area contributed by atoms with Gasteiger partial charge in [0.2, 0.25) is 0 Å². The van der Waals surface area contributed by atoms with Crippen LogP contribution in [0.4, 0.5) is 0 Å². The second-order valence-corrected chi connectivity index (χ2v) is 3.15. The van der Waals surface area contributed by atoms with Gasteiger partial charge in [-0.15, -0.1) is 5.10 Å². The van der Waals surface area contributed by atoms with E-state index in [1.54, 1.807) is 0 Å². The summed E-state index contributed by atoms with van der Waals surface area (Å²) in [6.07, 6.45) is 1.01. The van der Waals surface area contributed by atoms with Crippen molar-refractivity contribution in [2.45, 2.75) is 13.0 Å². The lowest BCUT2D eigenvalue weighted by atomic mass is 10.2. The Bertz CT molecular complexity index is 277. The molecule has 66 valence electrons. The van der Waals surface area contributed by atoms with Gasteiger partial charge in [-0.05, 0) is 5.21 Å². The fourth-order valence-corrected chi connectivity index (χ4v) is 1.44. The minimum absolute atomic E-state index is 0.850. The summed E-state index contributed by atoms with van der Waals surface area (Å²) >= 11 is 0. The average molecular weight is 167 g/mol. The first kappa shape index (κ1) is 7.54. The molecule has 12 heavy (non-hydrogen) atoms. The number of nitrogens with zero attached hydrogens (tertiary/aromatic N) is 4. The van der Waals surface area contributed by atoms with Gasteiger partial charge in [-0.1, -0.05) is 0 Å². The van der Waals surface area contributed by atoms with E-state index in [9.17, 15) is 0 Å². The van der Waals surface area contributed by atoms with Crippen LogP contribution in [0.2, 0.25) is 0 Å². The van der Waals surface area contributed by atoms with E-state index in [2.05, 4.69) is 15.6 Å². The van der Waals surface area contributed by atoms with Gasteiger partial charge >= 0.3 is 0 Å². The molecular weight excluding hydrogens is 154 g/mol. The lowest BCUT2D eigenvalue weighted by Crippen LogP contribution is -2.32. The maximum atomic E-state index is 4.09. The second-order valence-electron chi connectivity index (χ2n) is 3.15. The Labute approximate surface area is 71.3 Å². The highest BCUT2D eigenvalue weighted by molar-refractivity contribution is 5.14. The molecule has 0 fully saturated rings. The summed E-state index contributed by atoms with van der Waals surface area (Å²) in [4.78, 5) is 1.86. The Hall–Kier alpha value is -1.10. The fraction of sp³-hybridized carbons (Fsp3) is 0.714. The molecule has 1 aliphatic heterocycles. The van der Waals surface area contributed by atoms with Crippen LogP contribution in [0.3, 0.4) is 0 Å². The largest absolute Gasteiger partial charge is 0.311 e. The Morgan fingerprint density at radius 2 is 2.33 bits per heavy atom. The summed E-state index contributed by atoms with van der Waals surface area (Å²) in [5.74, 6) is 0. The number of hydrogen-bond acceptors (Lipinski definition) is 4. The number of nitrogens with one attached hydrogen (secondary N) is 1. The van der Waals surface area contributed by atoms with E-state index in [4.69, 9.17) is 0 Å². The topological polar surface area (TPSA) is 46.0 Å². The number of aromatic nitrogens is 3. The Kier molecular flexibility index (Phi) is 1.73. The molecule has 0 saturated heterocycles. The SMILES string of the molecule is CN(C)n1nnc2c1CCNC2. The monoisotopic (exact) mass is 167 g/mol. The van der Waals surface area contributed by atoms with Crippen LogP contribution in [0.25, 0.3) is 0 Å². The molecule has 2 rings (SSSR count). The molecule has 0 aliphatic carbocycles. The summed E-state index contributed by atoms with van der Waals surface area (Å²) in [6.45, 7) is 1.87. The molecule has 2 heterocycles. The van der Waals surface area contributed by atoms with Gasteiger partial charge in [0, 0.05) is 33.6 Å². The quantitative estimate of drug-likeness (QED) is 0.590. The first-order chi connectivity index (χ1) is 5.79. The summed E-state index contributed by atoms with van der Waals surface area (Å²) < 4.78 is 0. The van der Waals surface area contributed by atoms with Gasteiger partial charge in [-0.3, -0.25) is 0 Å². The first-order valence-electron chi connectivity index (χ1n) is 4.11. The molecule has 1 aliphatic rings. The van der Waals surface area contributed by atoms with Crippen LogP contribution in [0.5, 0.6) is 0 Å². The summed E-state index contributed by atoms with van der Waals surface area (Å²) in [6, 6.07) is 0. The first-order valence-corrected chi connectivity index (χ1v) is 4.11. The number of fused-ring (bicyclic) bond motifs is 1. The Morgan fingerprint density at radius 1 is 1.50 bits per heavy atom. The second kappa shape index (κ2) is 2.75. The van der Waals surface area contributed by atoms with Crippen LogP contribution in [-0.4, -0.2) is 35.7 Å². The van der Waals surface area contributed by atoms with Crippen molar-refractivity contribution < 1.29 is 0 Å². The zero-order valence-electron chi connectivity index (χ0n) is 7.41. The predicted molar refractivity (Wildman–Crippen MR) is 45.5 cm³/mol. The molecule has 0 amide bonds. The highest BCUT2D eigenvalue weighted by Gasteiger charge is 2.16. The van der Waals surface area contributed by atoms with E-state index in [0.717, 1.165) is 25.2 Å². The molecule has 1 aromatic rings. The van der Waals surface area contributed by atoms with Crippen molar-refractivity contribution in [3.63, 3.8) is 0 Å². The van der Waals surface area contributed by atoms with Gasteiger partial charge in [0.25, 0.3) is 0 Å². The lowest BCUT2D eigenvalue weighted by molar-refractivity contribution is 0.560. The molecule has 0 bridgehead atoms. The standard InChI is InChI=1S/C7H13N5/c1-11(2)12-7-3-4-8-5-6(7)9-10-12/h8H,3-5H2,1-2H3. The van der Waals surface area contributed by atoms with Gasteiger partial charge in [0.05, 0.1) is 5.69 Å². The normalized spacial score (nSPS) is 15.8. The minimum atomic E-state index is 0.850. The summed E-state index contributed by atoms with van der Waals surface area (Å²) in [7, 11) is 3.94. The molecule has 0 aromatic carbocycles. The van der Waals surface area contributed by atoms with Gasteiger partial charge in [0.1, 0.15) is 5.69 Å². The molecule has 0 radical (unpaired) electrons. The third-order valence-electron chi connectivity index (χ3n) is 2.03. The van der Waals surface area contributed by atoms with Crippen molar-refractivity contribution in [2.75, 3.05) is 25.6 Å². The molecule has 0 unspecified atom stereocenters. The van der Waals surface area contributed by atoms with Crippen LogP contribution in [0.1, 0.15) is 11.4 Å². The molecule has 0 atom stereocenters. The Balaban J connectivity index is 2.38. The molecule has 0 saturated carbocycles. The van der Waals surface area contributed by atoms with E-state index in [1.807, 2.05) is 23.9 Å². The van der Waals surface area contributed by atoms with Gasteiger partial charge in [0.15, 0.2) is 0 Å². The highest BCUT2D eigenvalue weighted by Crippen LogP contribution is 2.09. The molecular formula is C7H13N5. The average Bonchev–Trinajstić information content (AvgIpc) is 2.47.